The van der Waals surface area contributed by atoms with Crippen molar-refractivity contribution < 1.29 is 15.0 Å². The summed E-state index contributed by atoms with van der Waals surface area (Å²) < 4.78 is 1.52. The van der Waals surface area contributed by atoms with Gasteiger partial charge >= 0.3 is 5.97 Å². The van der Waals surface area contributed by atoms with E-state index in [0.717, 1.165) is 31.4 Å². The third-order valence-electron chi connectivity index (χ3n) is 3.21. The second-order valence-electron chi connectivity index (χ2n) is 4.74. The van der Waals surface area contributed by atoms with Crippen LogP contribution in [-0.2, 0) is 6.54 Å². The first-order valence-electron chi connectivity index (χ1n) is 6.54. The van der Waals surface area contributed by atoms with Crippen LogP contribution in [0.25, 0.3) is 0 Å². The lowest BCUT2D eigenvalue weighted by atomic mass is 10.1. The molecule has 0 aliphatic carbocycles. The van der Waals surface area contributed by atoms with Crippen LogP contribution in [0.3, 0.4) is 0 Å². The van der Waals surface area contributed by atoms with Crippen molar-refractivity contribution in [3.63, 3.8) is 0 Å². The summed E-state index contributed by atoms with van der Waals surface area (Å²) in [6, 6.07) is 1.73. The topological polar surface area (TPSA) is 79.5 Å². The number of carboxylic acid groups (broad SMARTS) is 1. The quantitative estimate of drug-likeness (QED) is 0.737. The number of nitrogens with zero attached hydrogens (tertiary/aromatic N) is 1. The van der Waals surface area contributed by atoms with E-state index in [9.17, 15) is 9.59 Å². The maximum Gasteiger partial charge on any atom is 0.341 e. The van der Waals surface area contributed by atoms with Crippen molar-refractivity contribution in [2.24, 2.45) is 0 Å². The molecule has 19 heavy (non-hydrogen) atoms. The third-order valence-corrected chi connectivity index (χ3v) is 3.21. The van der Waals surface area contributed by atoms with E-state index in [1.165, 1.54) is 4.57 Å². The molecule has 2 N–H and O–H groups in total. The van der Waals surface area contributed by atoms with E-state index in [-0.39, 0.29) is 12.2 Å². The van der Waals surface area contributed by atoms with E-state index >= 15 is 0 Å². The van der Waals surface area contributed by atoms with E-state index < -0.39 is 11.5 Å². The van der Waals surface area contributed by atoms with E-state index in [1.807, 2.05) is 6.92 Å². The molecule has 1 aromatic heterocycles. The molecule has 0 fully saturated rings. The van der Waals surface area contributed by atoms with Gasteiger partial charge in [0.1, 0.15) is 5.56 Å². The van der Waals surface area contributed by atoms with Crippen molar-refractivity contribution >= 4 is 5.97 Å². The summed E-state index contributed by atoms with van der Waals surface area (Å²) in [5.74, 6) is -1.17. The molecule has 0 aromatic carbocycles. The molecule has 5 nitrogen and oxygen atoms in total. The second kappa shape index (κ2) is 7.09. The Labute approximate surface area is 112 Å². The third kappa shape index (κ3) is 3.92. The normalized spacial score (nSPS) is 10.7. The van der Waals surface area contributed by atoms with E-state index in [1.54, 1.807) is 13.0 Å². The summed E-state index contributed by atoms with van der Waals surface area (Å²) in [5, 5.41) is 17.7. The fraction of sp³-hybridized carbons (Fsp3) is 0.571. The van der Waals surface area contributed by atoms with E-state index in [0.29, 0.717) is 12.1 Å². The fourth-order valence-electron chi connectivity index (χ4n) is 2.20. The van der Waals surface area contributed by atoms with Gasteiger partial charge < -0.3 is 14.8 Å². The van der Waals surface area contributed by atoms with Crippen LogP contribution in [-0.4, -0.2) is 27.4 Å². The molecule has 0 aliphatic rings. The molecule has 0 amide bonds. The Morgan fingerprint density at radius 2 is 1.84 bits per heavy atom. The van der Waals surface area contributed by atoms with Crippen molar-refractivity contribution in [3.05, 3.63) is 33.2 Å². The van der Waals surface area contributed by atoms with E-state index in [2.05, 4.69) is 0 Å². The SMILES string of the molecule is Cc1cc(C)n(CCCCCCO)c(=O)c1C(=O)O. The molecule has 0 bridgehead atoms. The molecule has 0 saturated heterocycles. The van der Waals surface area contributed by atoms with Crippen molar-refractivity contribution in [2.45, 2.75) is 46.1 Å². The molecule has 0 atom stereocenters. The van der Waals surface area contributed by atoms with Gasteiger partial charge in [-0.05, 0) is 38.3 Å². The van der Waals surface area contributed by atoms with Crippen molar-refractivity contribution in [1.82, 2.24) is 4.57 Å². The number of aliphatic hydroxyl groups excluding tert-OH is 1. The molecule has 0 aliphatic heterocycles. The predicted octanol–water partition coefficient (Wildman–Crippen LogP) is 1.72. The molecule has 1 heterocycles. The average molecular weight is 267 g/mol. The highest BCUT2D eigenvalue weighted by Crippen LogP contribution is 2.08. The van der Waals surface area contributed by atoms with Crippen LogP contribution >= 0.6 is 0 Å². The van der Waals surface area contributed by atoms with Gasteiger partial charge in [-0.15, -0.1) is 0 Å². The lowest BCUT2D eigenvalue weighted by Gasteiger charge is -2.12. The van der Waals surface area contributed by atoms with Crippen LogP contribution < -0.4 is 5.56 Å². The van der Waals surface area contributed by atoms with E-state index in [4.69, 9.17) is 10.2 Å². The molecule has 0 unspecified atom stereocenters. The highest BCUT2D eigenvalue weighted by molar-refractivity contribution is 5.88. The summed E-state index contributed by atoms with van der Waals surface area (Å²) in [5.41, 5.74) is 0.731. The number of aryl methyl sites for hydroxylation is 2. The number of hydrogen-bond acceptors (Lipinski definition) is 3. The van der Waals surface area contributed by atoms with Crippen LogP contribution in [0.1, 0.15) is 47.3 Å². The summed E-state index contributed by atoms with van der Waals surface area (Å²) in [6.45, 7) is 4.17. The molecule has 0 radical (unpaired) electrons. The number of hydrogen-bond donors (Lipinski definition) is 2. The Hall–Kier alpha value is -1.62. The molecule has 1 aromatic rings. The monoisotopic (exact) mass is 267 g/mol. The Balaban J connectivity index is 2.86. The van der Waals surface area contributed by atoms with Gasteiger partial charge in [-0.2, -0.15) is 0 Å². The largest absolute Gasteiger partial charge is 0.477 e. The lowest BCUT2D eigenvalue weighted by Crippen LogP contribution is -2.29. The summed E-state index contributed by atoms with van der Waals surface area (Å²) in [4.78, 5) is 23.2. The van der Waals surface area contributed by atoms with Gasteiger partial charge in [0.15, 0.2) is 0 Å². The average Bonchev–Trinajstić information content (AvgIpc) is 2.31. The first-order valence-corrected chi connectivity index (χ1v) is 6.54. The molecule has 0 saturated carbocycles. The minimum absolute atomic E-state index is 0.138. The van der Waals surface area contributed by atoms with Crippen LogP contribution in [0.15, 0.2) is 10.9 Å². The van der Waals surface area contributed by atoms with Crippen LogP contribution in [0.5, 0.6) is 0 Å². The number of carbonyl (C=O) groups is 1. The van der Waals surface area contributed by atoms with Crippen LogP contribution in [0, 0.1) is 13.8 Å². The second-order valence-corrected chi connectivity index (χ2v) is 4.74. The molecule has 5 heteroatoms. The van der Waals surface area contributed by atoms with Crippen LogP contribution in [0.4, 0.5) is 0 Å². The van der Waals surface area contributed by atoms with Crippen molar-refractivity contribution in [3.8, 4) is 0 Å². The number of aliphatic hydroxyl groups is 1. The standard InChI is InChI=1S/C14H21NO4/c1-10-9-11(2)15(7-5-3-4-6-8-16)13(17)12(10)14(18)19/h9,16H,3-8H2,1-2H3,(H,18,19). The minimum atomic E-state index is -1.17. The number of rotatable bonds is 7. The van der Waals surface area contributed by atoms with Gasteiger partial charge in [-0.3, -0.25) is 4.79 Å². The van der Waals surface area contributed by atoms with Gasteiger partial charge in [0.25, 0.3) is 5.56 Å². The first kappa shape index (κ1) is 15.4. The Morgan fingerprint density at radius 3 is 2.42 bits per heavy atom. The zero-order valence-corrected chi connectivity index (χ0v) is 11.5. The number of carboxylic acids is 1. The van der Waals surface area contributed by atoms with Crippen molar-refractivity contribution in [2.75, 3.05) is 6.61 Å². The maximum absolute atomic E-state index is 12.1. The van der Waals surface area contributed by atoms with Crippen LogP contribution in [0.2, 0.25) is 0 Å². The van der Waals surface area contributed by atoms with Crippen molar-refractivity contribution in [1.29, 1.82) is 0 Å². The molecular weight excluding hydrogens is 246 g/mol. The van der Waals surface area contributed by atoms with Gasteiger partial charge in [0.2, 0.25) is 0 Å². The zero-order valence-electron chi connectivity index (χ0n) is 11.5. The number of pyridine rings is 1. The smallest absolute Gasteiger partial charge is 0.341 e. The molecule has 0 spiro atoms. The summed E-state index contributed by atoms with van der Waals surface area (Å²) >= 11 is 0. The van der Waals surface area contributed by atoms with Gasteiger partial charge in [-0.25, -0.2) is 4.79 Å². The summed E-state index contributed by atoms with van der Waals surface area (Å²) in [6.07, 6.45) is 3.41. The molecular formula is C14H21NO4. The Bertz CT molecular complexity index is 505. The number of unbranched alkanes of at least 4 members (excludes halogenated alkanes) is 3. The lowest BCUT2D eigenvalue weighted by molar-refractivity contribution is 0.0693. The molecule has 106 valence electrons. The predicted molar refractivity (Wildman–Crippen MR) is 72.7 cm³/mol. The summed E-state index contributed by atoms with van der Waals surface area (Å²) in [7, 11) is 0. The van der Waals surface area contributed by atoms with Gasteiger partial charge in [-0.1, -0.05) is 12.8 Å². The minimum Gasteiger partial charge on any atom is -0.477 e. The Morgan fingerprint density at radius 1 is 1.21 bits per heavy atom. The molecule has 1 rings (SSSR count). The fourth-order valence-corrected chi connectivity index (χ4v) is 2.20. The number of aromatic nitrogens is 1. The van der Waals surface area contributed by atoms with Gasteiger partial charge in [0, 0.05) is 18.8 Å². The zero-order chi connectivity index (χ0) is 14.4. The number of aromatic carboxylic acids is 1. The highest BCUT2D eigenvalue weighted by atomic mass is 16.4. The van der Waals surface area contributed by atoms with Gasteiger partial charge in [0.05, 0.1) is 0 Å². The first-order chi connectivity index (χ1) is 8.99. The maximum atomic E-state index is 12.1. The Kier molecular flexibility index (Phi) is 5.76. The highest BCUT2D eigenvalue weighted by Gasteiger charge is 2.16.